The normalized spacial score (nSPS) is 11.9. The van der Waals surface area contributed by atoms with Gasteiger partial charge in [0.1, 0.15) is 11.5 Å². The molecular weight excluding hydrogens is 268 g/mol. The Labute approximate surface area is 126 Å². The molecule has 0 aromatic heterocycles. The van der Waals surface area contributed by atoms with Crippen LogP contribution in [0, 0.1) is 11.8 Å². The average molecular weight is 292 g/mol. The van der Waals surface area contributed by atoms with E-state index in [-0.39, 0.29) is 17.7 Å². The van der Waals surface area contributed by atoms with Gasteiger partial charge in [-0.25, -0.2) is 4.79 Å². The first kappa shape index (κ1) is 17.0. The van der Waals surface area contributed by atoms with Crippen molar-refractivity contribution in [3.63, 3.8) is 0 Å². The highest BCUT2D eigenvalue weighted by Crippen LogP contribution is 2.15. The number of amides is 2. The molecule has 0 fully saturated rings. The molecule has 2 N–H and O–H groups in total. The summed E-state index contributed by atoms with van der Waals surface area (Å²) in [6.07, 6.45) is 0.776. The number of hydrogen-bond acceptors (Lipinski definition) is 3. The molecule has 0 heterocycles. The van der Waals surface area contributed by atoms with Gasteiger partial charge in [-0.3, -0.25) is 4.79 Å². The molecule has 1 atom stereocenters. The van der Waals surface area contributed by atoms with E-state index in [1.54, 1.807) is 38.3 Å². The second-order valence-corrected chi connectivity index (χ2v) is 5.50. The number of Topliss-reactive ketones (excluding diaryl/α,β-unsaturated/α-hetero) is 1. The van der Waals surface area contributed by atoms with Crippen molar-refractivity contribution in [2.75, 3.05) is 19.0 Å². The molecule has 116 valence electrons. The van der Waals surface area contributed by atoms with E-state index in [0.29, 0.717) is 18.2 Å². The molecule has 1 aromatic rings. The van der Waals surface area contributed by atoms with E-state index in [9.17, 15) is 9.59 Å². The lowest BCUT2D eigenvalue weighted by molar-refractivity contribution is -0.121. The van der Waals surface area contributed by atoms with Gasteiger partial charge < -0.3 is 15.4 Å². The molecule has 5 heteroatoms. The third-order valence-corrected chi connectivity index (χ3v) is 3.19. The molecule has 21 heavy (non-hydrogen) atoms. The van der Waals surface area contributed by atoms with Crippen molar-refractivity contribution in [3.8, 4) is 5.75 Å². The Kier molecular flexibility index (Phi) is 6.72. The summed E-state index contributed by atoms with van der Waals surface area (Å²) >= 11 is 0. The fourth-order valence-electron chi connectivity index (χ4n) is 2.03. The number of hydrogen-bond donors (Lipinski definition) is 2. The van der Waals surface area contributed by atoms with Crippen LogP contribution in [0.25, 0.3) is 0 Å². The molecule has 0 bridgehead atoms. The van der Waals surface area contributed by atoms with Crippen molar-refractivity contribution in [3.05, 3.63) is 24.3 Å². The van der Waals surface area contributed by atoms with Gasteiger partial charge in [-0.15, -0.1) is 0 Å². The smallest absolute Gasteiger partial charge is 0.319 e. The summed E-state index contributed by atoms with van der Waals surface area (Å²) in [5, 5.41) is 5.47. The van der Waals surface area contributed by atoms with E-state index in [0.717, 1.165) is 12.2 Å². The van der Waals surface area contributed by atoms with E-state index in [1.807, 2.05) is 0 Å². The molecule has 0 aliphatic heterocycles. The molecule has 0 aliphatic carbocycles. The number of ketones is 1. The van der Waals surface area contributed by atoms with Crippen LogP contribution in [0.3, 0.4) is 0 Å². The number of carbonyl (C=O) groups excluding carboxylic acids is 2. The van der Waals surface area contributed by atoms with Crippen LogP contribution in [0.4, 0.5) is 10.5 Å². The van der Waals surface area contributed by atoms with E-state index in [4.69, 9.17) is 4.74 Å². The van der Waals surface area contributed by atoms with Crippen LogP contribution < -0.4 is 15.4 Å². The van der Waals surface area contributed by atoms with Crippen LogP contribution in [0.1, 0.15) is 27.2 Å². The molecule has 1 rings (SSSR count). The minimum Gasteiger partial charge on any atom is -0.497 e. The lowest BCUT2D eigenvalue weighted by Crippen LogP contribution is -2.35. The van der Waals surface area contributed by atoms with Gasteiger partial charge in [-0.2, -0.15) is 0 Å². The number of nitrogens with one attached hydrogen (secondary N) is 2. The SMILES string of the molecule is COc1ccc(NC(=O)NCC(CC(C)C)C(C)=O)cc1. The Morgan fingerprint density at radius 2 is 1.81 bits per heavy atom. The van der Waals surface area contributed by atoms with Crippen LogP contribution in [0.5, 0.6) is 5.75 Å². The summed E-state index contributed by atoms with van der Waals surface area (Å²) in [7, 11) is 1.59. The molecule has 0 aliphatic rings. The zero-order valence-electron chi connectivity index (χ0n) is 13.1. The summed E-state index contributed by atoms with van der Waals surface area (Å²) in [6.45, 7) is 6.05. The fraction of sp³-hybridized carbons (Fsp3) is 0.500. The van der Waals surface area contributed by atoms with Gasteiger partial charge in [0.2, 0.25) is 0 Å². The fourth-order valence-corrected chi connectivity index (χ4v) is 2.03. The van der Waals surface area contributed by atoms with Gasteiger partial charge in [0, 0.05) is 18.2 Å². The van der Waals surface area contributed by atoms with Crippen molar-refractivity contribution >= 4 is 17.5 Å². The first-order chi connectivity index (χ1) is 9.92. The average Bonchev–Trinajstić information content (AvgIpc) is 2.43. The molecule has 2 amide bonds. The third kappa shape index (κ3) is 6.29. The Morgan fingerprint density at radius 1 is 1.19 bits per heavy atom. The Hall–Kier alpha value is -2.04. The van der Waals surface area contributed by atoms with Crippen molar-refractivity contribution in [2.45, 2.75) is 27.2 Å². The topological polar surface area (TPSA) is 67.4 Å². The van der Waals surface area contributed by atoms with Crippen LogP contribution >= 0.6 is 0 Å². The van der Waals surface area contributed by atoms with Gasteiger partial charge in [0.05, 0.1) is 7.11 Å². The third-order valence-electron chi connectivity index (χ3n) is 3.19. The summed E-state index contributed by atoms with van der Waals surface area (Å²) in [5.74, 6) is 1.12. The highest BCUT2D eigenvalue weighted by molar-refractivity contribution is 5.89. The van der Waals surface area contributed by atoms with Crippen LogP contribution in [-0.2, 0) is 4.79 Å². The van der Waals surface area contributed by atoms with Crippen molar-refractivity contribution in [2.24, 2.45) is 11.8 Å². The van der Waals surface area contributed by atoms with Crippen molar-refractivity contribution in [1.82, 2.24) is 5.32 Å². The predicted molar refractivity (Wildman–Crippen MR) is 83.6 cm³/mol. The van der Waals surface area contributed by atoms with E-state index in [1.165, 1.54) is 0 Å². The number of methoxy groups -OCH3 is 1. The second-order valence-electron chi connectivity index (χ2n) is 5.50. The summed E-state index contributed by atoms with van der Waals surface area (Å²) < 4.78 is 5.05. The number of rotatable bonds is 7. The Morgan fingerprint density at radius 3 is 2.29 bits per heavy atom. The molecule has 0 radical (unpaired) electrons. The maximum absolute atomic E-state index is 11.8. The molecule has 0 saturated heterocycles. The highest BCUT2D eigenvalue weighted by Gasteiger charge is 2.16. The maximum Gasteiger partial charge on any atom is 0.319 e. The zero-order valence-corrected chi connectivity index (χ0v) is 13.1. The number of ether oxygens (including phenoxy) is 1. The highest BCUT2D eigenvalue weighted by atomic mass is 16.5. The number of anilines is 1. The summed E-state index contributed by atoms with van der Waals surface area (Å²) in [6, 6.07) is 6.75. The quantitative estimate of drug-likeness (QED) is 0.811. The summed E-state index contributed by atoms with van der Waals surface area (Å²) in [5.41, 5.74) is 0.677. The van der Waals surface area contributed by atoms with E-state index in [2.05, 4.69) is 24.5 Å². The first-order valence-electron chi connectivity index (χ1n) is 7.11. The van der Waals surface area contributed by atoms with Gasteiger partial charge >= 0.3 is 6.03 Å². The second kappa shape index (κ2) is 8.29. The zero-order chi connectivity index (χ0) is 15.8. The lowest BCUT2D eigenvalue weighted by Gasteiger charge is -2.17. The number of benzene rings is 1. The van der Waals surface area contributed by atoms with Crippen molar-refractivity contribution in [1.29, 1.82) is 0 Å². The van der Waals surface area contributed by atoms with Gasteiger partial charge in [-0.1, -0.05) is 13.8 Å². The number of urea groups is 1. The molecule has 5 nitrogen and oxygen atoms in total. The molecule has 1 unspecified atom stereocenters. The predicted octanol–water partition coefficient (Wildman–Crippen LogP) is 3.07. The molecule has 0 saturated carbocycles. The number of carbonyl (C=O) groups is 2. The lowest BCUT2D eigenvalue weighted by atomic mass is 9.94. The Balaban J connectivity index is 2.46. The van der Waals surface area contributed by atoms with E-state index < -0.39 is 0 Å². The summed E-state index contributed by atoms with van der Waals surface area (Å²) in [4.78, 5) is 23.4. The van der Waals surface area contributed by atoms with Gasteiger partial charge in [0.15, 0.2) is 0 Å². The molecular formula is C16H24N2O3. The van der Waals surface area contributed by atoms with Gasteiger partial charge in [-0.05, 0) is 43.5 Å². The van der Waals surface area contributed by atoms with Crippen molar-refractivity contribution < 1.29 is 14.3 Å². The monoisotopic (exact) mass is 292 g/mol. The first-order valence-corrected chi connectivity index (χ1v) is 7.11. The maximum atomic E-state index is 11.8. The minimum atomic E-state index is -0.310. The van der Waals surface area contributed by atoms with E-state index >= 15 is 0 Å². The minimum absolute atomic E-state index is 0.105. The molecule has 1 aromatic carbocycles. The van der Waals surface area contributed by atoms with Gasteiger partial charge in [0.25, 0.3) is 0 Å². The standard InChI is InChI=1S/C16H24N2O3/c1-11(2)9-13(12(3)19)10-17-16(20)18-14-5-7-15(21-4)8-6-14/h5-8,11,13H,9-10H2,1-4H3,(H2,17,18,20). The van der Waals surface area contributed by atoms with Crippen LogP contribution in [0.15, 0.2) is 24.3 Å². The Bertz CT molecular complexity index is 469. The van der Waals surface area contributed by atoms with Crippen LogP contribution in [0.2, 0.25) is 0 Å². The largest absolute Gasteiger partial charge is 0.497 e. The van der Waals surface area contributed by atoms with Crippen LogP contribution in [-0.4, -0.2) is 25.5 Å². The molecule has 0 spiro atoms.